The predicted molar refractivity (Wildman–Crippen MR) is 134 cm³/mol. The van der Waals surface area contributed by atoms with Crippen molar-refractivity contribution >= 4 is 27.2 Å². The number of carbonyl (C=O) groups is 1. The molecule has 0 fully saturated rings. The zero-order valence-electron chi connectivity index (χ0n) is 19.0. The van der Waals surface area contributed by atoms with Gasteiger partial charge in [-0.3, -0.25) is 4.79 Å². The zero-order valence-corrected chi connectivity index (χ0v) is 19.8. The minimum atomic E-state index is -3.97. The maximum Gasteiger partial charge on any atom is 0.282 e. The fraction of sp³-hybridized carbons (Fsp3) is 0.111. The summed E-state index contributed by atoms with van der Waals surface area (Å²) < 4.78 is 27.4. The fourth-order valence-corrected chi connectivity index (χ4v) is 5.40. The number of fused-ring (bicyclic) bond motifs is 1. The molecular weight excluding hydrogens is 446 g/mol. The molecule has 3 aromatic carbocycles. The summed E-state index contributed by atoms with van der Waals surface area (Å²) in [5, 5.41) is 5.45. The lowest BCUT2D eigenvalue weighted by Gasteiger charge is -2.07. The highest BCUT2D eigenvalue weighted by Crippen LogP contribution is 2.41. The van der Waals surface area contributed by atoms with Gasteiger partial charge in [-0.15, -0.1) is 0 Å². The molecule has 170 valence electrons. The number of aryl methyl sites for hydroxylation is 3. The fourth-order valence-electron chi connectivity index (χ4n) is 4.27. The molecule has 6 nitrogen and oxygen atoms in total. The second-order valence-corrected chi connectivity index (χ2v) is 10.2. The number of rotatable bonds is 5. The maximum absolute atomic E-state index is 13.3. The Hall–Kier alpha value is -3.97. The van der Waals surface area contributed by atoms with Gasteiger partial charge >= 0.3 is 0 Å². The van der Waals surface area contributed by atoms with Crippen LogP contribution in [0.4, 0.5) is 0 Å². The summed E-state index contributed by atoms with van der Waals surface area (Å²) in [4.78, 5) is 15.6. The summed E-state index contributed by atoms with van der Waals surface area (Å²) in [6.45, 7) is 5.93. The number of benzene rings is 3. The Balaban J connectivity index is 1.79. The highest BCUT2D eigenvalue weighted by Gasteiger charge is 2.26. The Bertz CT molecular complexity index is 1650. The number of aromatic amines is 1. The van der Waals surface area contributed by atoms with Gasteiger partial charge in [-0.2, -0.15) is 17.6 Å². The minimum Gasteiger partial charge on any atom is -0.352 e. The molecule has 2 heterocycles. The summed E-state index contributed by atoms with van der Waals surface area (Å²) >= 11 is 0. The number of nitrogens with zero attached hydrogens (tertiary/aromatic N) is 2. The summed E-state index contributed by atoms with van der Waals surface area (Å²) in [6, 6.07) is 20.5. The van der Waals surface area contributed by atoms with Crippen LogP contribution in [0.1, 0.15) is 27.0 Å². The van der Waals surface area contributed by atoms with E-state index in [-0.39, 0.29) is 10.5 Å². The number of H-pyrrole nitrogens is 1. The van der Waals surface area contributed by atoms with Gasteiger partial charge in [0.1, 0.15) is 5.69 Å². The van der Waals surface area contributed by atoms with Crippen molar-refractivity contribution in [3.05, 3.63) is 95.2 Å². The third kappa shape index (κ3) is 3.45. The van der Waals surface area contributed by atoms with Crippen LogP contribution in [0.5, 0.6) is 0 Å². The average Bonchev–Trinajstić information content (AvgIpc) is 3.45. The Morgan fingerprint density at radius 2 is 1.56 bits per heavy atom. The van der Waals surface area contributed by atoms with Crippen LogP contribution >= 0.6 is 0 Å². The van der Waals surface area contributed by atoms with Gasteiger partial charge in [0.15, 0.2) is 6.29 Å². The van der Waals surface area contributed by atoms with Crippen molar-refractivity contribution in [2.45, 2.75) is 25.7 Å². The van der Waals surface area contributed by atoms with Crippen LogP contribution in [0.15, 0.2) is 77.8 Å². The van der Waals surface area contributed by atoms with Gasteiger partial charge in [0, 0.05) is 16.5 Å². The number of hydrogen-bond acceptors (Lipinski definition) is 4. The van der Waals surface area contributed by atoms with E-state index in [1.165, 1.54) is 18.3 Å². The first-order chi connectivity index (χ1) is 16.3. The van der Waals surface area contributed by atoms with E-state index in [0.29, 0.717) is 17.7 Å². The molecule has 0 atom stereocenters. The normalized spacial score (nSPS) is 11.7. The quantitative estimate of drug-likeness (QED) is 0.336. The van der Waals surface area contributed by atoms with E-state index in [9.17, 15) is 13.2 Å². The molecule has 0 saturated carbocycles. The van der Waals surface area contributed by atoms with Crippen LogP contribution in [0, 0.1) is 20.8 Å². The van der Waals surface area contributed by atoms with Crippen molar-refractivity contribution in [2.75, 3.05) is 0 Å². The molecule has 34 heavy (non-hydrogen) atoms. The lowest BCUT2D eigenvalue weighted by Crippen LogP contribution is -2.13. The smallest absolute Gasteiger partial charge is 0.282 e. The lowest BCUT2D eigenvalue weighted by molar-refractivity contribution is 0.112. The van der Waals surface area contributed by atoms with E-state index in [4.69, 9.17) is 0 Å². The third-order valence-corrected chi connectivity index (χ3v) is 7.63. The number of nitrogens with one attached hydrogen (secondary N) is 1. The van der Waals surface area contributed by atoms with E-state index in [0.717, 1.165) is 42.8 Å². The third-order valence-electron chi connectivity index (χ3n) is 6.08. The highest BCUT2D eigenvalue weighted by atomic mass is 32.2. The van der Waals surface area contributed by atoms with Gasteiger partial charge in [-0.1, -0.05) is 60.2 Å². The van der Waals surface area contributed by atoms with Gasteiger partial charge < -0.3 is 4.98 Å². The van der Waals surface area contributed by atoms with Crippen LogP contribution in [-0.2, 0) is 10.0 Å². The van der Waals surface area contributed by atoms with E-state index < -0.39 is 10.0 Å². The van der Waals surface area contributed by atoms with E-state index in [1.54, 1.807) is 12.1 Å². The maximum atomic E-state index is 13.3. The van der Waals surface area contributed by atoms with Crippen LogP contribution in [0.2, 0.25) is 0 Å². The van der Waals surface area contributed by atoms with Crippen molar-refractivity contribution < 1.29 is 13.2 Å². The standard InChI is InChI=1S/C27H23N3O3S/c1-17-9-13-22(14-10-17)34(32,33)30-15-21(16-31)26(29-30)27-24(20-7-5-4-6-8-20)23-18(2)11-12-19(3)25(23)28-27/h4-16,28H,1-3H3. The largest absolute Gasteiger partial charge is 0.352 e. The molecule has 0 saturated heterocycles. The van der Waals surface area contributed by atoms with Gasteiger partial charge in [0.05, 0.1) is 22.3 Å². The molecule has 0 aliphatic carbocycles. The second-order valence-electron chi connectivity index (χ2n) is 8.43. The SMILES string of the molecule is Cc1ccc(S(=O)(=O)n2cc(C=O)c(-c3[nH]c4c(C)ccc(C)c4c3-c3ccccc3)n2)cc1. The average molecular weight is 470 g/mol. The van der Waals surface area contributed by atoms with Crippen molar-refractivity contribution in [3.63, 3.8) is 0 Å². The van der Waals surface area contributed by atoms with E-state index >= 15 is 0 Å². The minimum absolute atomic E-state index is 0.108. The number of aldehydes is 1. The van der Waals surface area contributed by atoms with Crippen molar-refractivity contribution in [3.8, 4) is 22.5 Å². The molecule has 7 heteroatoms. The number of carbonyl (C=O) groups excluding carboxylic acids is 1. The molecule has 1 N–H and O–H groups in total. The van der Waals surface area contributed by atoms with Gasteiger partial charge in [-0.05, 0) is 49.6 Å². The molecule has 0 radical (unpaired) electrons. The van der Waals surface area contributed by atoms with Crippen LogP contribution in [0.3, 0.4) is 0 Å². The molecule has 0 spiro atoms. The van der Waals surface area contributed by atoms with Gasteiger partial charge in [0.25, 0.3) is 10.0 Å². The Labute approximate surface area is 197 Å². The second kappa shape index (κ2) is 8.11. The van der Waals surface area contributed by atoms with Crippen molar-refractivity contribution in [2.24, 2.45) is 0 Å². The van der Waals surface area contributed by atoms with Crippen molar-refractivity contribution in [1.82, 2.24) is 14.2 Å². The Morgan fingerprint density at radius 3 is 2.24 bits per heavy atom. The highest BCUT2D eigenvalue weighted by molar-refractivity contribution is 7.89. The van der Waals surface area contributed by atoms with Gasteiger partial charge in [0.2, 0.25) is 0 Å². The van der Waals surface area contributed by atoms with Crippen LogP contribution < -0.4 is 0 Å². The molecular formula is C27H23N3O3S. The van der Waals surface area contributed by atoms with E-state index in [1.807, 2.05) is 57.2 Å². The summed E-state index contributed by atoms with van der Waals surface area (Å²) in [6.07, 6.45) is 1.92. The molecule has 5 rings (SSSR count). The van der Waals surface area contributed by atoms with Gasteiger partial charge in [-0.25, -0.2) is 0 Å². The van der Waals surface area contributed by atoms with Crippen LogP contribution in [-0.4, -0.2) is 28.9 Å². The Morgan fingerprint density at radius 1 is 0.882 bits per heavy atom. The molecule has 0 bridgehead atoms. The first-order valence-corrected chi connectivity index (χ1v) is 12.3. The first-order valence-electron chi connectivity index (χ1n) is 10.9. The Kier molecular flexibility index (Phi) is 5.21. The number of hydrogen-bond donors (Lipinski definition) is 1. The predicted octanol–water partition coefficient (Wildman–Crippen LogP) is 5.67. The van der Waals surface area contributed by atoms with Crippen molar-refractivity contribution in [1.29, 1.82) is 0 Å². The summed E-state index contributed by atoms with van der Waals surface area (Å²) in [7, 11) is -3.97. The zero-order chi connectivity index (χ0) is 24.0. The van der Waals surface area contributed by atoms with E-state index in [2.05, 4.69) is 16.1 Å². The molecule has 0 aliphatic heterocycles. The summed E-state index contributed by atoms with van der Waals surface area (Å²) in [5.74, 6) is 0. The monoisotopic (exact) mass is 469 g/mol. The first kappa shape index (κ1) is 21.9. The summed E-state index contributed by atoms with van der Waals surface area (Å²) in [5.41, 5.74) is 6.92. The topological polar surface area (TPSA) is 84.8 Å². The van der Waals surface area contributed by atoms with Crippen LogP contribution in [0.25, 0.3) is 33.4 Å². The molecule has 2 aromatic heterocycles. The lowest BCUT2D eigenvalue weighted by atomic mass is 9.96. The molecule has 0 unspecified atom stereocenters. The number of aromatic nitrogens is 3. The molecule has 5 aromatic rings. The molecule has 0 amide bonds. The molecule has 0 aliphatic rings.